The van der Waals surface area contributed by atoms with E-state index in [1.54, 1.807) is 24.3 Å². The van der Waals surface area contributed by atoms with Crippen molar-refractivity contribution in [3.8, 4) is 0 Å². The lowest BCUT2D eigenvalue weighted by Gasteiger charge is -2.13. The molecule has 0 spiro atoms. The van der Waals surface area contributed by atoms with Crippen molar-refractivity contribution in [1.29, 1.82) is 0 Å². The molecule has 27 heavy (non-hydrogen) atoms. The van der Waals surface area contributed by atoms with Gasteiger partial charge in [0, 0.05) is 12.7 Å². The molecule has 0 saturated carbocycles. The number of rotatable bonds is 6. The first-order chi connectivity index (χ1) is 12.8. The third kappa shape index (κ3) is 3.99. The zero-order valence-corrected chi connectivity index (χ0v) is 13.9. The molecule has 0 bridgehead atoms. The van der Waals surface area contributed by atoms with Crippen molar-refractivity contribution in [1.82, 2.24) is 14.7 Å². The molecule has 0 atom stereocenters. The fraction of sp³-hybridized carbons (Fsp3) is 0.294. The number of hydrogen-bond donors (Lipinski definition) is 0. The van der Waals surface area contributed by atoms with E-state index < -0.39 is 36.2 Å². The molecule has 0 N–H and O–H groups in total. The van der Waals surface area contributed by atoms with Gasteiger partial charge in [-0.3, -0.25) is 24.0 Å². The van der Waals surface area contributed by atoms with Crippen molar-refractivity contribution < 1.29 is 32.3 Å². The Morgan fingerprint density at radius 2 is 1.70 bits per heavy atom. The number of alkyl halides is 3. The Labute approximate surface area is 151 Å². The van der Waals surface area contributed by atoms with Crippen LogP contribution in [0.15, 0.2) is 36.5 Å². The summed E-state index contributed by atoms with van der Waals surface area (Å²) in [4.78, 5) is 37.0. The number of aromatic nitrogens is 2. The molecule has 0 fully saturated rings. The summed E-state index contributed by atoms with van der Waals surface area (Å²) in [7, 11) is 0. The zero-order chi connectivity index (χ0) is 19.6. The number of halogens is 3. The van der Waals surface area contributed by atoms with E-state index in [1.807, 2.05) is 0 Å². The summed E-state index contributed by atoms with van der Waals surface area (Å²) < 4.78 is 43.1. The van der Waals surface area contributed by atoms with Gasteiger partial charge >= 0.3 is 12.1 Å². The van der Waals surface area contributed by atoms with Gasteiger partial charge < -0.3 is 4.74 Å². The smallest absolute Gasteiger partial charge is 0.435 e. The van der Waals surface area contributed by atoms with Gasteiger partial charge in [0.05, 0.1) is 17.7 Å². The third-order valence-electron chi connectivity index (χ3n) is 3.89. The minimum absolute atomic E-state index is 0.0691. The molecule has 1 aliphatic rings. The first kappa shape index (κ1) is 18.6. The van der Waals surface area contributed by atoms with Crippen molar-refractivity contribution in [3.05, 3.63) is 53.3 Å². The van der Waals surface area contributed by atoms with Gasteiger partial charge in [-0.15, -0.1) is 0 Å². The van der Waals surface area contributed by atoms with Gasteiger partial charge in [0.1, 0.15) is 6.54 Å². The molecular weight excluding hydrogens is 367 g/mol. The van der Waals surface area contributed by atoms with Crippen LogP contribution < -0.4 is 0 Å². The Morgan fingerprint density at radius 1 is 1.07 bits per heavy atom. The first-order valence-electron chi connectivity index (χ1n) is 7.99. The Bertz CT molecular complexity index is 857. The van der Waals surface area contributed by atoms with Crippen molar-refractivity contribution in [2.75, 3.05) is 13.2 Å². The molecule has 2 aromatic rings. The van der Waals surface area contributed by atoms with E-state index in [1.165, 1.54) is 0 Å². The number of carbonyl (C=O) groups excluding carboxylic acids is 3. The summed E-state index contributed by atoms with van der Waals surface area (Å²) in [5, 5.41) is 3.25. The van der Waals surface area contributed by atoms with Crippen LogP contribution in [0.4, 0.5) is 13.2 Å². The van der Waals surface area contributed by atoms with Crippen molar-refractivity contribution in [2.45, 2.75) is 19.1 Å². The van der Waals surface area contributed by atoms with Gasteiger partial charge in [-0.05, 0) is 24.6 Å². The highest BCUT2D eigenvalue weighted by molar-refractivity contribution is 6.21. The van der Waals surface area contributed by atoms with E-state index in [-0.39, 0.29) is 19.6 Å². The summed E-state index contributed by atoms with van der Waals surface area (Å²) in [6.07, 6.45) is -3.34. The summed E-state index contributed by atoms with van der Waals surface area (Å²) in [6.45, 7) is -0.484. The molecule has 0 aliphatic carbocycles. The van der Waals surface area contributed by atoms with E-state index in [2.05, 4.69) is 5.10 Å². The summed E-state index contributed by atoms with van der Waals surface area (Å²) in [6, 6.07) is 7.21. The Hall–Kier alpha value is -3.17. The van der Waals surface area contributed by atoms with Crippen LogP contribution in [-0.4, -0.2) is 45.6 Å². The van der Waals surface area contributed by atoms with Gasteiger partial charge in [0.25, 0.3) is 11.8 Å². The number of nitrogens with zero attached hydrogens (tertiary/aromatic N) is 3. The van der Waals surface area contributed by atoms with Gasteiger partial charge in [-0.1, -0.05) is 12.1 Å². The number of benzene rings is 1. The molecule has 7 nitrogen and oxygen atoms in total. The highest BCUT2D eigenvalue weighted by Crippen LogP contribution is 2.27. The maximum absolute atomic E-state index is 12.4. The second-order valence-corrected chi connectivity index (χ2v) is 5.78. The predicted octanol–water partition coefficient (Wildman–Crippen LogP) is 2.13. The molecule has 2 heterocycles. The number of ether oxygens (including phenoxy) is 1. The average Bonchev–Trinajstić information content (AvgIpc) is 3.17. The van der Waals surface area contributed by atoms with Crippen LogP contribution in [0.25, 0.3) is 0 Å². The molecule has 2 amide bonds. The second-order valence-electron chi connectivity index (χ2n) is 5.78. The lowest BCUT2D eigenvalue weighted by molar-refractivity contribution is -0.146. The minimum atomic E-state index is -4.58. The van der Waals surface area contributed by atoms with Gasteiger partial charge in [0.2, 0.25) is 0 Å². The monoisotopic (exact) mass is 381 g/mol. The maximum atomic E-state index is 12.4. The topological polar surface area (TPSA) is 81.5 Å². The average molecular weight is 381 g/mol. The number of esters is 1. The fourth-order valence-corrected chi connectivity index (χ4v) is 2.63. The number of carbonyl (C=O) groups is 3. The van der Waals surface area contributed by atoms with Crippen LogP contribution in [-0.2, 0) is 22.3 Å². The number of imide groups is 1. The standard InChI is InChI=1S/C17H14F3N3O4/c18-17(19,20)13-6-8-22(21-13)10-14(24)27-9-3-7-23-15(25)11-4-1-2-5-12(11)16(23)26/h1-2,4-6,8H,3,7,9-10H2. The Balaban J connectivity index is 1.44. The van der Waals surface area contributed by atoms with E-state index in [0.717, 1.165) is 21.8 Å². The van der Waals surface area contributed by atoms with Crippen LogP contribution in [0.3, 0.4) is 0 Å². The second kappa shape index (κ2) is 7.22. The minimum Gasteiger partial charge on any atom is -0.464 e. The number of amides is 2. The van der Waals surface area contributed by atoms with Crippen LogP contribution in [0.2, 0.25) is 0 Å². The van der Waals surface area contributed by atoms with Crippen molar-refractivity contribution in [2.24, 2.45) is 0 Å². The predicted molar refractivity (Wildman–Crippen MR) is 84.6 cm³/mol. The summed E-state index contributed by atoms with van der Waals surface area (Å²) in [5.41, 5.74) is -0.432. The molecule has 0 radical (unpaired) electrons. The Kier molecular flexibility index (Phi) is 4.98. The zero-order valence-electron chi connectivity index (χ0n) is 13.9. The molecule has 10 heteroatoms. The lowest BCUT2D eigenvalue weighted by atomic mass is 10.1. The molecular formula is C17H14F3N3O4. The van der Waals surface area contributed by atoms with Gasteiger partial charge in [-0.2, -0.15) is 18.3 Å². The number of hydrogen-bond acceptors (Lipinski definition) is 5. The quantitative estimate of drug-likeness (QED) is 0.435. The normalized spacial score (nSPS) is 13.8. The highest BCUT2D eigenvalue weighted by Gasteiger charge is 2.35. The lowest BCUT2D eigenvalue weighted by Crippen LogP contribution is -2.31. The fourth-order valence-electron chi connectivity index (χ4n) is 2.63. The molecule has 0 saturated heterocycles. The Morgan fingerprint density at radius 3 is 2.26 bits per heavy atom. The van der Waals surface area contributed by atoms with E-state index in [4.69, 9.17) is 4.74 Å². The maximum Gasteiger partial charge on any atom is 0.435 e. The highest BCUT2D eigenvalue weighted by atomic mass is 19.4. The summed E-state index contributed by atoms with van der Waals surface area (Å²) >= 11 is 0. The van der Waals surface area contributed by atoms with Gasteiger partial charge in [-0.25, -0.2) is 0 Å². The van der Waals surface area contributed by atoms with Crippen LogP contribution in [0, 0.1) is 0 Å². The van der Waals surface area contributed by atoms with Crippen LogP contribution in [0.1, 0.15) is 32.8 Å². The van der Waals surface area contributed by atoms with E-state index in [9.17, 15) is 27.6 Å². The molecule has 3 rings (SSSR count). The van der Waals surface area contributed by atoms with Crippen LogP contribution in [0.5, 0.6) is 0 Å². The molecule has 0 unspecified atom stereocenters. The van der Waals surface area contributed by atoms with Crippen molar-refractivity contribution in [3.63, 3.8) is 0 Å². The molecule has 1 aromatic carbocycles. The SMILES string of the molecule is O=C(Cn1ccc(C(F)(F)F)n1)OCCCN1C(=O)c2ccccc2C1=O. The van der Waals surface area contributed by atoms with E-state index >= 15 is 0 Å². The first-order valence-corrected chi connectivity index (χ1v) is 7.99. The van der Waals surface area contributed by atoms with Crippen LogP contribution >= 0.6 is 0 Å². The molecule has 1 aromatic heterocycles. The molecule has 1 aliphatic heterocycles. The van der Waals surface area contributed by atoms with Crippen molar-refractivity contribution >= 4 is 17.8 Å². The van der Waals surface area contributed by atoms with Gasteiger partial charge in [0.15, 0.2) is 5.69 Å². The third-order valence-corrected chi connectivity index (χ3v) is 3.89. The molecule has 142 valence electrons. The number of fused-ring (bicyclic) bond motifs is 1. The van der Waals surface area contributed by atoms with E-state index in [0.29, 0.717) is 11.1 Å². The summed E-state index contributed by atoms with van der Waals surface area (Å²) in [5.74, 6) is -1.58. The largest absolute Gasteiger partial charge is 0.464 e.